The van der Waals surface area contributed by atoms with Gasteiger partial charge in [-0.25, -0.2) is 4.98 Å². The highest BCUT2D eigenvalue weighted by Gasteiger charge is 2.08. The van der Waals surface area contributed by atoms with Gasteiger partial charge in [0.25, 0.3) is 5.88 Å². The fourth-order valence-corrected chi connectivity index (χ4v) is 1.96. The Hall–Kier alpha value is -1.78. The lowest BCUT2D eigenvalue weighted by Crippen LogP contribution is -2.06. The quantitative estimate of drug-likeness (QED) is 0.743. The lowest BCUT2D eigenvalue weighted by Gasteiger charge is -2.09. The van der Waals surface area contributed by atoms with Crippen LogP contribution in [0.25, 0.3) is 5.65 Å². The van der Waals surface area contributed by atoms with Crippen molar-refractivity contribution in [3.05, 3.63) is 18.6 Å². The second-order valence-corrected chi connectivity index (χ2v) is 4.53. The van der Waals surface area contributed by atoms with Gasteiger partial charge in [0.15, 0.2) is 0 Å². The molecule has 0 spiro atoms. The van der Waals surface area contributed by atoms with E-state index in [2.05, 4.69) is 22.2 Å². The summed E-state index contributed by atoms with van der Waals surface area (Å²) in [5.41, 5.74) is 0.775. The van der Waals surface area contributed by atoms with Crippen LogP contribution >= 0.6 is 0 Å². The Kier molecular flexibility index (Phi) is 5.01. The first-order chi connectivity index (χ1) is 9.35. The molecule has 0 radical (unpaired) electrons. The van der Waals surface area contributed by atoms with E-state index in [-0.39, 0.29) is 0 Å². The Labute approximate surface area is 114 Å². The first-order valence-electron chi connectivity index (χ1n) is 7.05. The van der Waals surface area contributed by atoms with Crippen LogP contribution in [0.15, 0.2) is 18.6 Å². The van der Waals surface area contributed by atoms with Gasteiger partial charge < -0.3 is 10.1 Å². The highest BCUT2D eigenvalue weighted by atomic mass is 16.5. The van der Waals surface area contributed by atoms with Crippen molar-refractivity contribution in [3.8, 4) is 5.88 Å². The summed E-state index contributed by atoms with van der Waals surface area (Å²) in [6, 6.07) is 0. The van der Waals surface area contributed by atoms with Gasteiger partial charge in [-0.3, -0.25) is 4.40 Å². The average molecular weight is 262 g/mol. The molecule has 0 saturated heterocycles. The van der Waals surface area contributed by atoms with Gasteiger partial charge in [0, 0.05) is 18.9 Å². The van der Waals surface area contributed by atoms with Crippen LogP contribution in [0.1, 0.15) is 39.5 Å². The molecule has 0 unspecified atom stereocenters. The largest absolute Gasteiger partial charge is 0.475 e. The molecule has 0 aliphatic heterocycles. The van der Waals surface area contributed by atoms with E-state index in [1.165, 1.54) is 19.3 Å². The molecule has 0 bridgehead atoms. The van der Waals surface area contributed by atoms with Crippen LogP contribution in [0.2, 0.25) is 0 Å². The Bertz CT molecular complexity index is 509. The third-order valence-electron chi connectivity index (χ3n) is 2.94. The van der Waals surface area contributed by atoms with E-state index in [1.807, 2.05) is 23.7 Å². The minimum atomic E-state index is 0.611. The number of ether oxygens (including phenoxy) is 1. The number of aromatic nitrogens is 3. The molecule has 0 saturated carbocycles. The number of fused-ring (bicyclic) bond motifs is 1. The summed E-state index contributed by atoms with van der Waals surface area (Å²) in [7, 11) is 0. The molecule has 0 aromatic carbocycles. The molecule has 0 amide bonds. The van der Waals surface area contributed by atoms with E-state index in [0.717, 1.165) is 24.4 Å². The van der Waals surface area contributed by atoms with E-state index in [1.54, 1.807) is 6.20 Å². The van der Waals surface area contributed by atoms with Crippen molar-refractivity contribution in [2.24, 2.45) is 0 Å². The number of rotatable bonds is 8. The summed E-state index contributed by atoms with van der Waals surface area (Å²) < 4.78 is 7.71. The standard InChI is InChI=1S/C14H22N4O/c1-3-5-6-7-10-19-14-13-16-8-9-18(13)11-12(17-14)15-4-2/h8-9,11,15H,3-7,10H2,1-2H3. The molecule has 19 heavy (non-hydrogen) atoms. The molecule has 0 atom stereocenters. The number of imidazole rings is 1. The van der Waals surface area contributed by atoms with E-state index in [0.29, 0.717) is 12.5 Å². The van der Waals surface area contributed by atoms with Crippen molar-refractivity contribution in [2.75, 3.05) is 18.5 Å². The van der Waals surface area contributed by atoms with Gasteiger partial charge in [0.05, 0.1) is 12.8 Å². The summed E-state index contributed by atoms with van der Waals surface area (Å²) in [5, 5.41) is 3.20. The molecule has 0 aliphatic carbocycles. The van der Waals surface area contributed by atoms with Crippen molar-refractivity contribution in [2.45, 2.75) is 39.5 Å². The number of nitrogens with one attached hydrogen (secondary N) is 1. The van der Waals surface area contributed by atoms with E-state index < -0.39 is 0 Å². The molecule has 0 aliphatic rings. The van der Waals surface area contributed by atoms with Crippen LogP contribution < -0.4 is 10.1 Å². The number of hydrogen-bond donors (Lipinski definition) is 1. The molecule has 2 aromatic heterocycles. The Balaban J connectivity index is 2.04. The maximum Gasteiger partial charge on any atom is 0.260 e. The minimum absolute atomic E-state index is 0.611. The summed E-state index contributed by atoms with van der Waals surface area (Å²) in [6.07, 6.45) is 10.3. The highest BCUT2D eigenvalue weighted by Crippen LogP contribution is 2.19. The summed E-state index contributed by atoms with van der Waals surface area (Å²) >= 11 is 0. The van der Waals surface area contributed by atoms with Crippen LogP contribution in [-0.4, -0.2) is 27.5 Å². The zero-order valence-electron chi connectivity index (χ0n) is 11.7. The molecular formula is C14H22N4O. The Morgan fingerprint density at radius 3 is 2.95 bits per heavy atom. The van der Waals surface area contributed by atoms with Gasteiger partial charge >= 0.3 is 0 Å². The minimum Gasteiger partial charge on any atom is -0.475 e. The first-order valence-corrected chi connectivity index (χ1v) is 7.05. The van der Waals surface area contributed by atoms with Gasteiger partial charge in [-0.2, -0.15) is 4.98 Å². The van der Waals surface area contributed by atoms with Crippen LogP contribution in [0.4, 0.5) is 5.82 Å². The molecule has 2 heterocycles. The predicted molar refractivity (Wildman–Crippen MR) is 76.8 cm³/mol. The first kappa shape index (κ1) is 13.6. The van der Waals surface area contributed by atoms with Crippen LogP contribution in [0, 0.1) is 0 Å². The van der Waals surface area contributed by atoms with Gasteiger partial charge in [0.2, 0.25) is 5.65 Å². The fraction of sp³-hybridized carbons (Fsp3) is 0.571. The van der Waals surface area contributed by atoms with Gasteiger partial charge in [-0.15, -0.1) is 0 Å². The molecule has 104 valence electrons. The molecule has 2 rings (SSSR count). The van der Waals surface area contributed by atoms with Crippen molar-refractivity contribution >= 4 is 11.5 Å². The lowest BCUT2D eigenvalue weighted by atomic mass is 10.2. The summed E-state index contributed by atoms with van der Waals surface area (Å²) in [6.45, 7) is 5.79. The fourth-order valence-electron chi connectivity index (χ4n) is 1.96. The molecule has 0 fully saturated rings. The normalized spacial score (nSPS) is 10.8. The van der Waals surface area contributed by atoms with E-state index in [4.69, 9.17) is 4.74 Å². The molecule has 5 heteroatoms. The Morgan fingerprint density at radius 2 is 2.16 bits per heavy atom. The topological polar surface area (TPSA) is 51.5 Å². The Morgan fingerprint density at radius 1 is 1.26 bits per heavy atom. The molecule has 1 N–H and O–H groups in total. The highest BCUT2D eigenvalue weighted by molar-refractivity contribution is 5.53. The predicted octanol–water partition coefficient (Wildman–Crippen LogP) is 3.12. The van der Waals surface area contributed by atoms with Crippen LogP contribution in [0.3, 0.4) is 0 Å². The van der Waals surface area contributed by atoms with Crippen molar-refractivity contribution < 1.29 is 4.74 Å². The summed E-state index contributed by atoms with van der Waals surface area (Å²) in [4.78, 5) is 8.75. The SMILES string of the molecule is CCCCCCOc1nc(NCC)cn2ccnc12. The maximum atomic E-state index is 5.78. The number of anilines is 1. The third-order valence-corrected chi connectivity index (χ3v) is 2.94. The van der Waals surface area contributed by atoms with Crippen molar-refractivity contribution in [1.29, 1.82) is 0 Å². The average Bonchev–Trinajstić information content (AvgIpc) is 2.87. The van der Waals surface area contributed by atoms with Gasteiger partial charge in [-0.1, -0.05) is 26.2 Å². The van der Waals surface area contributed by atoms with Gasteiger partial charge in [-0.05, 0) is 13.3 Å². The number of unbranched alkanes of at least 4 members (excludes halogenated alkanes) is 3. The van der Waals surface area contributed by atoms with E-state index >= 15 is 0 Å². The number of hydrogen-bond acceptors (Lipinski definition) is 4. The molecular weight excluding hydrogens is 240 g/mol. The van der Waals surface area contributed by atoms with Gasteiger partial charge in [0.1, 0.15) is 5.82 Å². The van der Waals surface area contributed by atoms with Crippen molar-refractivity contribution in [3.63, 3.8) is 0 Å². The maximum absolute atomic E-state index is 5.78. The van der Waals surface area contributed by atoms with Crippen molar-refractivity contribution in [1.82, 2.24) is 14.4 Å². The molecule has 5 nitrogen and oxygen atoms in total. The zero-order valence-corrected chi connectivity index (χ0v) is 11.7. The summed E-state index contributed by atoms with van der Waals surface area (Å²) in [5.74, 6) is 1.43. The van der Waals surface area contributed by atoms with E-state index in [9.17, 15) is 0 Å². The smallest absolute Gasteiger partial charge is 0.260 e. The zero-order chi connectivity index (χ0) is 13.5. The lowest BCUT2D eigenvalue weighted by molar-refractivity contribution is 0.296. The monoisotopic (exact) mass is 262 g/mol. The van der Waals surface area contributed by atoms with Crippen LogP contribution in [0.5, 0.6) is 5.88 Å². The number of nitrogens with zero attached hydrogens (tertiary/aromatic N) is 3. The van der Waals surface area contributed by atoms with Crippen LogP contribution in [-0.2, 0) is 0 Å². The third kappa shape index (κ3) is 3.59. The molecule has 2 aromatic rings. The second-order valence-electron chi connectivity index (χ2n) is 4.53. The second kappa shape index (κ2) is 6.97.